The predicted molar refractivity (Wildman–Crippen MR) is 92.7 cm³/mol. The molecule has 120 valence electrons. The fourth-order valence-electron chi connectivity index (χ4n) is 2.10. The first-order chi connectivity index (χ1) is 11.2. The van der Waals surface area contributed by atoms with Crippen LogP contribution in [0.25, 0.3) is 10.2 Å². The summed E-state index contributed by atoms with van der Waals surface area (Å²) in [7, 11) is 0. The summed E-state index contributed by atoms with van der Waals surface area (Å²) in [5.74, 6) is 0.703. The molecule has 0 fully saturated rings. The molecule has 1 unspecified atom stereocenters. The Kier molecular flexibility index (Phi) is 4.97. The minimum absolute atomic E-state index is 0.0379. The van der Waals surface area contributed by atoms with Crippen molar-refractivity contribution in [2.24, 2.45) is 0 Å². The minimum atomic E-state index is -0.243. The Hall–Kier alpha value is -1.86. The first kappa shape index (κ1) is 16.0. The van der Waals surface area contributed by atoms with Gasteiger partial charge in [-0.1, -0.05) is 18.7 Å². The molecule has 0 aliphatic rings. The maximum absolute atomic E-state index is 12.2. The summed E-state index contributed by atoms with van der Waals surface area (Å²) in [4.78, 5) is 23.1. The van der Waals surface area contributed by atoms with Crippen molar-refractivity contribution in [3.05, 3.63) is 41.4 Å². The zero-order chi connectivity index (χ0) is 16.2. The largest absolute Gasteiger partial charge is 0.467 e. The molecule has 3 rings (SSSR count). The standard InChI is InChI=1S/C16H17N3O2S2/c1-3-12-7-13-15(18-9-19-16(13)23-12)22-10(2)14(20)17-8-11-5-4-6-21-11/h4-7,9-10H,3,8H2,1-2H3,(H,17,20). The Balaban J connectivity index is 1.68. The molecule has 0 aliphatic heterocycles. The third-order valence-electron chi connectivity index (χ3n) is 3.37. The van der Waals surface area contributed by atoms with Crippen LogP contribution in [0.4, 0.5) is 0 Å². The quantitative estimate of drug-likeness (QED) is 0.544. The maximum Gasteiger partial charge on any atom is 0.233 e. The van der Waals surface area contributed by atoms with Crippen molar-refractivity contribution >= 4 is 39.2 Å². The van der Waals surface area contributed by atoms with Gasteiger partial charge in [0.1, 0.15) is 21.9 Å². The zero-order valence-electron chi connectivity index (χ0n) is 12.9. The van der Waals surface area contributed by atoms with Crippen molar-refractivity contribution < 1.29 is 9.21 Å². The third-order valence-corrected chi connectivity index (χ3v) is 5.67. The van der Waals surface area contributed by atoms with E-state index in [1.54, 1.807) is 30.0 Å². The summed E-state index contributed by atoms with van der Waals surface area (Å²) in [6, 6.07) is 5.76. The maximum atomic E-state index is 12.2. The van der Waals surface area contributed by atoms with Gasteiger partial charge in [-0.25, -0.2) is 9.97 Å². The van der Waals surface area contributed by atoms with Crippen LogP contribution in [-0.4, -0.2) is 21.1 Å². The van der Waals surface area contributed by atoms with Gasteiger partial charge in [0.05, 0.1) is 18.1 Å². The molecule has 0 saturated heterocycles. The lowest BCUT2D eigenvalue weighted by molar-refractivity contribution is -0.120. The van der Waals surface area contributed by atoms with Gasteiger partial charge in [-0.05, 0) is 31.5 Å². The zero-order valence-corrected chi connectivity index (χ0v) is 14.5. The Morgan fingerprint density at radius 1 is 1.48 bits per heavy atom. The predicted octanol–water partition coefficient (Wildman–Crippen LogP) is 3.64. The van der Waals surface area contributed by atoms with Gasteiger partial charge in [-0.15, -0.1) is 11.3 Å². The number of fused-ring (bicyclic) bond motifs is 1. The molecule has 3 aromatic rings. The van der Waals surface area contributed by atoms with Gasteiger partial charge in [-0.2, -0.15) is 0 Å². The third kappa shape index (κ3) is 3.73. The summed E-state index contributed by atoms with van der Waals surface area (Å²) >= 11 is 3.13. The summed E-state index contributed by atoms with van der Waals surface area (Å²) in [5, 5.41) is 4.52. The highest BCUT2D eigenvalue weighted by atomic mass is 32.2. The monoisotopic (exact) mass is 347 g/mol. The van der Waals surface area contributed by atoms with Gasteiger partial charge in [0.15, 0.2) is 0 Å². The Labute approximate surface area is 142 Å². The summed E-state index contributed by atoms with van der Waals surface area (Å²) in [5.41, 5.74) is 0. The van der Waals surface area contributed by atoms with Gasteiger partial charge in [0.2, 0.25) is 5.91 Å². The van der Waals surface area contributed by atoms with Crippen LogP contribution in [0.15, 0.2) is 40.2 Å². The molecule has 3 heterocycles. The van der Waals surface area contributed by atoms with E-state index in [0.717, 1.165) is 27.4 Å². The van der Waals surface area contributed by atoms with Gasteiger partial charge in [0, 0.05) is 10.3 Å². The van der Waals surface area contributed by atoms with Crippen LogP contribution in [0.2, 0.25) is 0 Å². The number of hydrogen-bond donors (Lipinski definition) is 1. The number of amides is 1. The van der Waals surface area contributed by atoms with E-state index in [-0.39, 0.29) is 11.2 Å². The lowest BCUT2D eigenvalue weighted by Gasteiger charge is -2.11. The van der Waals surface area contributed by atoms with E-state index in [0.29, 0.717) is 6.54 Å². The second-order valence-corrected chi connectivity index (χ2v) is 7.47. The molecular formula is C16H17N3O2S2. The smallest absolute Gasteiger partial charge is 0.233 e. The van der Waals surface area contributed by atoms with Gasteiger partial charge >= 0.3 is 0 Å². The Morgan fingerprint density at radius 2 is 2.35 bits per heavy atom. The van der Waals surface area contributed by atoms with Crippen molar-refractivity contribution in [1.82, 2.24) is 15.3 Å². The number of nitrogens with one attached hydrogen (secondary N) is 1. The van der Waals surface area contributed by atoms with E-state index < -0.39 is 0 Å². The van der Waals surface area contributed by atoms with Crippen LogP contribution in [-0.2, 0) is 17.8 Å². The fourth-order valence-corrected chi connectivity index (χ4v) is 4.02. The van der Waals surface area contributed by atoms with E-state index in [4.69, 9.17) is 4.42 Å². The number of carbonyl (C=O) groups excluding carboxylic acids is 1. The van der Waals surface area contributed by atoms with Crippen molar-refractivity contribution in [2.45, 2.75) is 37.1 Å². The van der Waals surface area contributed by atoms with Crippen molar-refractivity contribution in [3.8, 4) is 0 Å². The molecule has 1 amide bonds. The fraction of sp³-hybridized carbons (Fsp3) is 0.312. The number of carbonyl (C=O) groups is 1. The first-order valence-corrected chi connectivity index (χ1v) is 9.07. The minimum Gasteiger partial charge on any atom is -0.467 e. The molecule has 0 saturated carbocycles. The van der Waals surface area contributed by atoms with Gasteiger partial charge in [-0.3, -0.25) is 4.79 Å². The Morgan fingerprint density at radius 3 is 3.09 bits per heavy atom. The lowest BCUT2D eigenvalue weighted by Crippen LogP contribution is -2.30. The average molecular weight is 347 g/mol. The van der Waals surface area contributed by atoms with Crippen molar-refractivity contribution in [1.29, 1.82) is 0 Å². The van der Waals surface area contributed by atoms with E-state index in [1.807, 2.05) is 13.0 Å². The molecule has 7 heteroatoms. The van der Waals surface area contributed by atoms with Crippen LogP contribution in [0.3, 0.4) is 0 Å². The summed E-state index contributed by atoms with van der Waals surface area (Å²) in [6.07, 6.45) is 4.14. The molecule has 0 aliphatic carbocycles. The average Bonchev–Trinajstić information content (AvgIpc) is 3.21. The van der Waals surface area contributed by atoms with Gasteiger partial charge in [0.25, 0.3) is 0 Å². The number of hydrogen-bond acceptors (Lipinski definition) is 6. The molecule has 1 atom stereocenters. The van der Waals surface area contributed by atoms with E-state index >= 15 is 0 Å². The van der Waals surface area contributed by atoms with Crippen LogP contribution < -0.4 is 5.32 Å². The van der Waals surface area contributed by atoms with Crippen molar-refractivity contribution in [3.63, 3.8) is 0 Å². The highest BCUT2D eigenvalue weighted by molar-refractivity contribution is 8.00. The number of nitrogens with zero attached hydrogens (tertiary/aromatic N) is 2. The van der Waals surface area contributed by atoms with Crippen LogP contribution in [0, 0.1) is 0 Å². The number of rotatable bonds is 6. The van der Waals surface area contributed by atoms with E-state index in [1.165, 1.54) is 16.6 Å². The molecule has 0 aromatic carbocycles. The van der Waals surface area contributed by atoms with Crippen LogP contribution in [0.5, 0.6) is 0 Å². The SMILES string of the molecule is CCc1cc2c(SC(C)C(=O)NCc3ccco3)ncnc2s1. The lowest BCUT2D eigenvalue weighted by atomic mass is 10.3. The number of aryl methyl sites for hydroxylation is 1. The molecular weight excluding hydrogens is 330 g/mol. The van der Waals surface area contributed by atoms with Crippen LogP contribution in [0.1, 0.15) is 24.5 Å². The second-order valence-electron chi connectivity index (χ2n) is 5.02. The van der Waals surface area contributed by atoms with E-state index in [2.05, 4.69) is 28.3 Å². The topological polar surface area (TPSA) is 68.0 Å². The number of furan rings is 1. The molecule has 1 N–H and O–H groups in total. The summed E-state index contributed by atoms with van der Waals surface area (Å²) < 4.78 is 5.21. The number of thioether (sulfide) groups is 1. The molecule has 5 nitrogen and oxygen atoms in total. The number of thiophene rings is 1. The molecule has 0 radical (unpaired) electrons. The number of aromatic nitrogens is 2. The molecule has 0 bridgehead atoms. The second kappa shape index (κ2) is 7.14. The molecule has 0 spiro atoms. The normalized spacial score (nSPS) is 12.4. The summed E-state index contributed by atoms with van der Waals surface area (Å²) in [6.45, 7) is 4.40. The van der Waals surface area contributed by atoms with E-state index in [9.17, 15) is 4.79 Å². The van der Waals surface area contributed by atoms with Crippen LogP contribution >= 0.6 is 23.1 Å². The molecule has 23 heavy (non-hydrogen) atoms. The van der Waals surface area contributed by atoms with Crippen molar-refractivity contribution in [2.75, 3.05) is 0 Å². The molecule has 3 aromatic heterocycles. The highest BCUT2D eigenvalue weighted by Gasteiger charge is 2.18. The first-order valence-electron chi connectivity index (χ1n) is 7.37. The van der Waals surface area contributed by atoms with Gasteiger partial charge < -0.3 is 9.73 Å². The Bertz CT molecular complexity index is 799. The highest BCUT2D eigenvalue weighted by Crippen LogP contribution is 2.32.